The Labute approximate surface area is 81.2 Å². The van der Waals surface area contributed by atoms with E-state index in [9.17, 15) is 0 Å². The van der Waals surface area contributed by atoms with Crippen LogP contribution in [0.5, 0.6) is 0 Å². The summed E-state index contributed by atoms with van der Waals surface area (Å²) in [5, 5.41) is 3.24. The van der Waals surface area contributed by atoms with E-state index in [-0.39, 0.29) is 0 Å². The second kappa shape index (κ2) is 3.65. The summed E-state index contributed by atoms with van der Waals surface area (Å²) < 4.78 is 0. The lowest BCUT2D eigenvalue weighted by Crippen LogP contribution is -2.27. The summed E-state index contributed by atoms with van der Waals surface area (Å²) in [6, 6.07) is 6.86. The van der Waals surface area contributed by atoms with E-state index in [1.165, 1.54) is 17.5 Å². The molecular weight excluding hydrogens is 179 g/mol. The monoisotopic (exact) mass is 194 g/mol. The molecule has 2 atom stereocenters. The maximum Gasteiger partial charge on any atom is 0.0316 e. The molecule has 70 valence electrons. The molecule has 0 heterocycles. The Bertz CT molecular complexity index is 312. The number of benzene rings is 1. The summed E-state index contributed by atoms with van der Waals surface area (Å²) in [5.41, 5.74) is 9.49. The zero-order chi connectivity index (χ0) is 9.26. The lowest BCUT2D eigenvalue weighted by Gasteiger charge is -2.24. The summed E-state index contributed by atoms with van der Waals surface area (Å²) >= 11 is 0. The van der Waals surface area contributed by atoms with E-state index in [1.54, 1.807) is 0 Å². The Morgan fingerprint density at radius 2 is 2.23 bits per heavy atom. The second-order valence-electron chi connectivity index (χ2n) is 3.63. The third-order valence-electron chi connectivity index (χ3n) is 2.69. The molecule has 2 nitrogen and oxygen atoms in total. The van der Waals surface area contributed by atoms with Crippen LogP contribution in [-0.2, 0) is 12.8 Å². The third-order valence-corrected chi connectivity index (χ3v) is 3.17. The van der Waals surface area contributed by atoms with Crippen LogP contribution in [0.25, 0.3) is 0 Å². The zero-order valence-electron chi connectivity index (χ0n) is 7.59. The molecule has 3 N–H and O–H groups in total. The first-order valence-electron chi connectivity index (χ1n) is 4.63. The number of aryl methyl sites for hydroxylation is 1. The third kappa shape index (κ3) is 1.84. The Morgan fingerprint density at radius 1 is 1.38 bits per heavy atom. The highest BCUT2D eigenvalue weighted by atomic mass is 31.0. The fourth-order valence-electron chi connectivity index (χ4n) is 1.92. The van der Waals surface area contributed by atoms with E-state index in [4.69, 9.17) is 5.73 Å². The normalized spacial score (nSPS) is 21.2. The number of fused-ring (bicyclic) bond motifs is 1. The highest BCUT2D eigenvalue weighted by molar-refractivity contribution is 7.13. The van der Waals surface area contributed by atoms with Crippen molar-refractivity contribution >= 4 is 15.1 Å². The maximum absolute atomic E-state index is 5.73. The summed E-state index contributed by atoms with van der Waals surface area (Å²) in [5.74, 6) is 0. The predicted molar refractivity (Wildman–Crippen MR) is 59.5 cm³/mol. The van der Waals surface area contributed by atoms with Crippen LogP contribution in [0.3, 0.4) is 0 Å². The van der Waals surface area contributed by atoms with Crippen molar-refractivity contribution < 1.29 is 0 Å². The predicted octanol–water partition coefficient (Wildman–Crippen LogP) is 1.51. The molecule has 0 fully saturated rings. The fourth-order valence-corrected chi connectivity index (χ4v) is 2.20. The van der Waals surface area contributed by atoms with Crippen LogP contribution < -0.4 is 10.8 Å². The van der Waals surface area contributed by atoms with Gasteiger partial charge in [0.05, 0.1) is 0 Å². The van der Waals surface area contributed by atoms with Gasteiger partial charge in [-0.25, -0.2) is 0 Å². The number of hydrogen-bond donors (Lipinski definition) is 2. The van der Waals surface area contributed by atoms with Gasteiger partial charge in [-0.15, -0.1) is 0 Å². The number of hydrogen-bond acceptors (Lipinski definition) is 2. The van der Waals surface area contributed by atoms with E-state index in [0.29, 0.717) is 6.04 Å². The van der Waals surface area contributed by atoms with Gasteiger partial charge in [0.2, 0.25) is 0 Å². The van der Waals surface area contributed by atoms with E-state index in [2.05, 4.69) is 26.6 Å². The standard InChI is InChI=1S/C10H15N2P/c11-9-3-1-8-6-10(12-13)4-2-7(8)5-9/h1,3,5,10,12H,2,4,6,11,13H2. The first kappa shape index (κ1) is 8.98. The Balaban J connectivity index is 2.26. The maximum atomic E-state index is 5.73. The lowest BCUT2D eigenvalue weighted by molar-refractivity contribution is 0.546. The van der Waals surface area contributed by atoms with Crippen LogP contribution in [0.15, 0.2) is 18.2 Å². The van der Waals surface area contributed by atoms with Gasteiger partial charge in [0.25, 0.3) is 0 Å². The molecule has 0 bridgehead atoms. The number of anilines is 1. The molecular formula is C10H15N2P. The van der Waals surface area contributed by atoms with Crippen molar-refractivity contribution in [2.45, 2.75) is 25.3 Å². The van der Waals surface area contributed by atoms with Crippen molar-refractivity contribution in [3.8, 4) is 0 Å². The van der Waals surface area contributed by atoms with Crippen molar-refractivity contribution in [3.63, 3.8) is 0 Å². The van der Waals surface area contributed by atoms with Crippen molar-refractivity contribution in [1.29, 1.82) is 0 Å². The van der Waals surface area contributed by atoms with Gasteiger partial charge in [0.15, 0.2) is 0 Å². The average molecular weight is 194 g/mol. The highest BCUT2D eigenvalue weighted by Crippen LogP contribution is 2.23. The number of nitrogens with one attached hydrogen (secondary N) is 1. The molecule has 1 aromatic rings. The van der Waals surface area contributed by atoms with E-state index in [0.717, 1.165) is 18.5 Å². The Hall–Kier alpha value is -0.590. The van der Waals surface area contributed by atoms with Gasteiger partial charge in [-0.2, -0.15) is 0 Å². The summed E-state index contributed by atoms with van der Waals surface area (Å²) in [6.07, 6.45) is 3.48. The number of rotatable bonds is 1. The molecule has 3 heteroatoms. The van der Waals surface area contributed by atoms with Crippen molar-refractivity contribution in [1.82, 2.24) is 5.09 Å². The van der Waals surface area contributed by atoms with Gasteiger partial charge in [-0.1, -0.05) is 15.5 Å². The van der Waals surface area contributed by atoms with Crippen LogP contribution in [0, 0.1) is 0 Å². The van der Waals surface area contributed by atoms with Crippen molar-refractivity contribution in [2.24, 2.45) is 0 Å². The molecule has 0 aromatic heterocycles. The minimum atomic E-state index is 0.612. The molecule has 0 amide bonds. The molecule has 1 aliphatic rings. The van der Waals surface area contributed by atoms with Gasteiger partial charge < -0.3 is 5.73 Å². The first-order valence-corrected chi connectivity index (χ1v) is 5.21. The SMILES string of the molecule is Nc1ccc2c(c1)CCC(NP)C2. The van der Waals surface area contributed by atoms with E-state index >= 15 is 0 Å². The lowest BCUT2D eigenvalue weighted by atomic mass is 9.88. The van der Waals surface area contributed by atoms with Crippen LogP contribution in [0.4, 0.5) is 5.69 Å². The molecule has 2 unspecified atom stereocenters. The highest BCUT2D eigenvalue weighted by Gasteiger charge is 2.16. The van der Waals surface area contributed by atoms with Crippen LogP contribution >= 0.6 is 9.39 Å². The van der Waals surface area contributed by atoms with Crippen molar-refractivity contribution in [2.75, 3.05) is 5.73 Å². The van der Waals surface area contributed by atoms with E-state index < -0.39 is 0 Å². The van der Waals surface area contributed by atoms with Crippen LogP contribution in [0.2, 0.25) is 0 Å². The molecule has 0 saturated heterocycles. The smallest absolute Gasteiger partial charge is 0.0316 e. The number of nitrogens with two attached hydrogens (primary N) is 1. The van der Waals surface area contributed by atoms with Gasteiger partial charge >= 0.3 is 0 Å². The Morgan fingerprint density at radius 3 is 3.00 bits per heavy atom. The first-order chi connectivity index (χ1) is 6.29. The van der Waals surface area contributed by atoms with Gasteiger partial charge in [0.1, 0.15) is 0 Å². The topological polar surface area (TPSA) is 38.0 Å². The molecule has 0 saturated carbocycles. The van der Waals surface area contributed by atoms with Gasteiger partial charge in [-0.3, -0.25) is 5.09 Å². The minimum Gasteiger partial charge on any atom is -0.399 e. The molecule has 0 radical (unpaired) electrons. The average Bonchev–Trinajstić information content (AvgIpc) is 2.17. The molecule has 0 aliphatic heterocycles. The largest absolute Gasteiger partial charge is 0.399 e. The second-order valence-corrected chi connectivity index (χ2v) is 3.97. The molecule has 13 heavy (non-hydrogen) atoms. The summed E-state index contributed by atoms with van der Waals surface area (Å²) in [7, 11) is 2.60. The quantitative estimate of drug-likeness (QED) is 0.525. The summed E-state index contributed by atoms with van der Waals surface area (Å²) in [4.78, 5) is 0. The molecule has 1 aromatic carbocycles. The van der Waals surface area contributed by atoms with Gasteiger partial charge in [-0.05, 0) is 42.5 Å². The van der Waals surface area contributed by atoms with Gasteiger partial charge in [0, 0.05) is 11.7 Å². The molecule has 1 aliphatic carbocycles. The van der Waals surface area contributed by atoms with Crippen LogP contribution in [0.1, 0.15) is 17.5 Å². The minimum absolute atomic E-state index is 0.612. The summed E-state index contributed by atoms with van der Waals surface area (Å²) in [6.45, 7) is 0. The van der Waals surface area contributed by atoms with Crippen LogP contribution in [-0.4, -0.2) is 6.04 Å². The molecule has 2 rings (SSSR count). The Kier molecular flexibility index (Phi) is 2.52. The zero-order valence-corrected chi connectivity index (χ0v) is 8.74. The number of nitrogen functional groups attached to an aromatic ring is 1. The van der Waals surface area contributed by atoms with E-state index in [1.807, 2.05) is 6.07 Å². The fraction of sp³-hybridized carbons (Fsp3) is 0.400. The van der Waals surface area contributed by atoms with Crippen molar-refractivity contribution in [3.05, 3.63) is 29.3 Å². The molecule has 0 spiro atoms.